The number of nitrogens with one attached hydrogen (secondary N) is 1. The lowest BCUT2D eigenvalue weighted by Gasteiger charge is -2.17. The van der Waals surface area contributed by atoms with Crippen LogP contribution in [0.2, 0.25) is 0 Å². The molecule has 0 aliphatic heterocycles. The molecule has 0 aliphatic carbocycles. The van der Waals surface area contributed by atoms with Crippen LogP contribution in [0.15, 0.2) is 66.7 Å². The molecule has 0 bridgehead atoms. The number of carbonyl (C=O) groups is 1. The average molecular weight is 420 g/mol. The van der Waals surface area contributed by atoms with Gasteiger partial charge < -0.3 is 19.5 Å². The molecule has 162 valence electrons. The molecular formula is C26H29NO4. The van der Waals surface area contributed by atoms with Gasteiger partial charge in [-0.2, -0.15) is 0 Å². The molecule has 0 radical (unpaired) electrons. The summed E-state index contributed by atoms with van der Waals surface area (Å²) in [7, 11) is 3.30. The molecule has 5 heteroatoms. The molecule has 3 rings (SSSR count). The van der Waals surface area contributed by atoms with Crippen LogP contribution in [0, 0.1) is 6.92 Å². The number of hydrogen-bond acceptors (Lipinski definition) is 4. The summed E-state index contributed by atoms with van der Waals surface area (Å²) < 4.78 is 16.4. The molecule has 0 saturated heterocycles. The Morgan fingerprint density at radius 2 is 1.58 bits per heavy atom. The van der Waals surface area contributed by atoms with Gasteiger partial charge in [0, 0.05) is 24.1 Å². The summed E-state index contributed by atoms with van der Waals surface area (Å²) in [6.45, 7) is 4.63. The largest absolute Gasteiger partial charge is 0.497 e. The van der Waals surface area contributed by atoms with Gasteiger partial charge in [0.15, 0.2) is 6.61 Å². The molecule has 0 saturated carbocycles. The highest BCUT2D eigenvalue weighted by molar-refractivity contribution is 5.77. The van der Waals surface area contributed by atoms with E-state index in [4.69, 9.17) is 14.2 Å². The van der Waals surface area contributed by atoms with E-state index in [9.17, 15) is 4.79 Å². The zero-order valence-corrected chi connectivity index (χ0v) is 18.5. The van der Waals surface area contributed by atoms with Crippen molar-refractivity contribution in [2.45, 2.75) is 26.3 Å². The molecule has 1 amide bonds. The monoisotopic (exact) mass is 419 g/mol. The minimum atomic E-state index is -0.152. The van der Waals surface area contributed by atoms with Gasteiger partial charge in [-0.05, 0) is 36.2 Å². The topological polar surface area (TPSA) is 56.8 Å². The first-order valence-corrected chi connectivity index (χ1v) is 10.3. The van der Waals surface area contributed by atoms with Crippen molar-refractivity contribution in [3.63, 3.8) is 0 Å². The minimum Gasteiger partial charge on any atom is -0.497 e. The molecule has 0 fully saturated rings. The Morgan fingerprint density at radius 1 is 0.903 bits per heavy atom. The standard InChI is InChI=1S/C26H29NO4/c1-18-5-7-20(8-6-18)16-27-26(28)17-31-22-11-9-21(10-12-22)19(2)24-14-13-23(29-3)15-25(24)30-4/h5-15,19H,16-17H2,1-4H3,(H,27,28). The number of ether oxygens (including phenoxy) is 3. The first-order chi connectivity index (χ1) is 15.0. The van der Waals surface area contributed by atoms with E-state index in [0.717, 1.165) is 28.2 Å². The Balaban J connectivity index is 1.55. The van der Waals surface area contributed by atoms with Gasteiger partial charge in [-0.1, -0.05) is 55.0 Å². The van der Waals surface area contributed by atoms with Gasteiger partial charge in [-0.25, -0.2) is 0 Å². The molecule has 0 spiro atoms. The smallest absolute Gasteiger partial charge is 0.258 e. The molecule has 31 heavy (non-hydrogen) atoms. The molecule has 1 atom stereocenters. The first kappa shape index (κ1) is 22.2. The maximum atomic E-state index is 12.1. The fraction of sp³-hybridized carbons (Fsp3) is 0.269. The van der Waals surface area contributed by atoms with E-state index in [1.165, 1.54) is 5.56 Å². The van der Waals surface area contributed by atoms with Crippen molar-refractivity contribution >= 4 is 5.91 Å². The molecule has 1 unspecified atom stereocenters. The van der Waals surface area contributed by atoms with Crippen LogP contribution in [0.4, 0.5) is 0 Å². The Morgan fingerprint density at radius 3 is 2.23 bits per heavy atom. The number of methoxy groups -OCH3 is 2. The maximum absolute atomic E-state index is 12.1. The molecular weight excluding hydrogens is 390 g/mol. The van der Waals surface area contributed by atoms with Crippen LogP contribution < -0.4 is 19.5 Å². The van der Waals surface area contributed by atoms with Crippen molar-refractivity contribution in [1.29, 1.82) is 0 Å². The van der Waals surface area contributed by atoms with Gasteiger partial charge in [-0.15, -0.1) is 0 Å². The van der Waals surface area contributed by atoms with Crippen molar-refractivity contribution < 1.29 is 19.0 Å². The third kappa shape index (κ3) is 6.01. The molecule has 3 aromatic rings. The Hall–Kier alpha value is -3.47. The first-order valence-electron chi connectivity index (χ1n) is 10.3. The fourth-order valence-electron chi connectivity index (χ4n) is 3.31. The highest BCUT2D eigenvalue weighted by atomic mass is 16.5. The summed E-state index contributed by atoms with van der Waals surface area (Å²) in [6.07, 6.45) is 0. The summed E-state index contributed by atoms with van der Waals surface area (Å²) in [6, 6.07) is 21.7. The molecule has 0 aliphatic rings. The third-order valence-electron chi connectivity index (χ3n) is 5.27. The number of benzene rings is 3. The summed E-state index contributed by atoms with van der Waals surface area (Å²) in [5.41, 5.74) is 4.46. The van der Waals surface area contributed by atoms with Crippen LogP contribution in [-0.2, 0) is 11.3 Å². The lowest BCUT2D eigenvalue weighted by atomic mass is 9.92. The van der Waals surface area contributed by atoms with Gasteiger partial charge in [0.25, 0.3) is 5.91 Å². The third-order valence-corrected chi connectivity index (χ3v) is 5.27. The van der Waals surface area contributed by atoms with Crippen LogP contribution in [0.3, 0.4) is 0 Å². The summed E-state index contributed by atoms with van der Waals surface area (Å²) >= 11 is 0. The van der Waals surface area contributed by atoms with Crippen molar-refractivity contribution in [3.05, 3.63) is 89.0 Å². The maximum Gasteiger partial charge on any atom is 0.258 e. The van der Waals surface area contributed by atoms with Gasteiger partial charge in [-0.3, -0.25) is 4.79 Å². The second-order valence-electron chi connectivity index (χ2n) is 7.45. The van der Waals surface area contributed by atoms with Crippen molar-refractivity contribution in [2.24, 2.45) is 0 Å². The summed E-state index contributed by atoms with van der Waals surface area (Å²) in [5.74, 6) is 2.19. The van der Waals surface area contributed by atoms with E-state index in [2.05, 4.69) is 12.2 Å². The van der Waals surface area contributed by atoms with Crippen LogP contribution in [0.5, 0.6) is 17.2 Å². The van der Waals surface area contributed by atoms with Gasteiger partial charge in [0.2, 0.25) is 0 Å². The Bertz CT molecular complexity index is 997. The van der Waals surface area contributed by atoms with Gasteiger partial charge in [0.1, 0.15) is 17.2 Å². The summed E-state index contributed by atoms with van der Waals surface area (Å²) in [4.78, 5) is 12.1. The molecule has 1 N–H and O–H groups in total. The van der Waals surface area contributed by atoms with Gasteiger partial charge >= 0.3 is 0 Å². The Labute approximate surface area is 184 Å². The van der Waals surface area contributed by atoms with E-state index in [1.807, 2.05) is 73.7 Å². The Kier molecular flexibility index (Phi) is 7.55. The number of rotatable bonds is 9. The quantitative estimate of drug-likeness (QED) is 0.538. The van der Waals surface area contributed by atoms with Crippen molar-refractivity contribution in [1.82, 2.24) is 5.32 Å². The van der Waals surface area contributed by atoms with Gasteiger partial charge in [0.05, 0.1) is 14.2 Å². The SMILES string of the molecule is COc1ccc(C(C)c2ccc(OCC(=O)NCc3ccc(C)cc3)cc2)c(OC)c1. The van der Waals surface area contributed by atoms with Crippen LogP contribution in [0.25, 0.3) is 0 Å². The molecule has 0 aromatic heterocycles. The van der Waals surface area contributed by atoms with Crippen LogP contribution in [-0.4, -0.2) is 26.7 Å². The number of hydrogen-bond donors (Lipinski definition) is 1. The normalized spacial score (nSPS) is 11.5. The predicted molar refractivity (Wildman–Crippen MR) is 122 cm³/mol. The van der Waals surface area contributed by atoms with Crippen LogP contribution >= 0.6 is 0 Å². The lowest BCUT2D eigenvalue weighted by Crippen LogP contribution is -2.28. The average Bonchev–Trinajstić information content (AvgIpc) is 2.81. The van der Waals surface area contributed by atoms with E-state index in [0.29, 0.717) is 12.3 Å². The van der Waals surface area contributed by atoms with Crippen LogP contribution in [0.1, 0.15) is 35.1 Å². The number of amides is 1. The van der Waals surface area contributed by atoms with E-state index in [1.54, 1.807) is 14.2 Å². The van der Waals surface area contributed by atoms with E-state index in [-0.39, 0.29) is 18.4 Å². The predicted octanol–water partition coefficient (Wildman–Crippen LogP) is 4.86. The second-order valence-corrected chi connectivity index (χ2v) is 7.45. The molecule has 5 nitrogen and oxygen atoms in total. The number of carbonyl (C=O) groups excluding carboxylic acids is 1. The minimum absolute atomic E-state index is 0.0208. The zero-order chi connectivity index (χ0) is 22.2. The van der Waals surface area contributed by atoms with Crippen molar-refractivity contribution in [3.8, 4) is 17.2 Å². The highest BCUT2D eigenvalue weighted by Gasteiger charge is 2.15. The lowest BCUT2D eigenvalue weighted by molar-refractivity contribution is -0.123. The summed E-state index contributed by atoms with van der Waals surface area (Å²) in [5, 5.41) is 2.87. The van der Waals surface area contributed by atoms with E-state index < -0.39 is 0 Å². The molecule has 3 aromatic carbocycles. The van der Waals surface area contributed by atoms with Crippen molar-refractivity contribution in [2.75, 3.05) is 20.8 Å². The fourth-order valence-corrected chi connectivity index (χ4v) is 3.31. The molecule has 0 heterocycles. The number of aryl methyl sites for hydroxylation is 1. The highest BCUT2D eigenvalue weighted by Crippen LogP contribution is 2.34. The zero-order valence-electron chi connectivity index (χ0n) is 18.5. The second kappa shape index (κ2) is 10.5. The van der Waals surface area contributed by atoms with E-state index >= 15 is 0 Å².